The first kappa shape index (κ1) is 9.53. The SMILES string of the molecule is C/C=C\C=C(/CC)C1CCCN1. The molecule has 68 valence electrons. The molecule has 1 heteroatoms. The van der Waals surface area contributed by atoms with Crippen LogP contribution in [-0.2, 0) is 0 Å². The maximum Gasteiger partial charge on any atom is 0.0282 e. The molecule has 0 amide bonds. The van der Waals surface area contributed by atoms with Crippen LogP contribution in [0.4, 0.5) is 0 Å². The molecule has 1 nitrogen and oxygen atoms in total. The van der Waals surface area contributed by atoms with Crippen LogP contribution in [0.15, 0.2) is 23.8 Å². The van der Waals surface area contributed by atoms with Crippen LogP contribution in [0.25, 0.3) is 0 Å². The normalized spacial score (nSPS) is 25.5. The maximum absolute atomic E-state index is 3.51. The Bertz CT molecular complexity index is 173. The van der Waals surface area contributed by atoms with Crippen molar-refractivity contribution in [3.8, 4) is 0 Å². The van der Waals surface area contributed by atoms with E-state index in [1.807, 2.05) is 0 Å². The number of hydrogen-bond donors (Lipinski definition) is 1. The Kier molecular flexibility index (Phi) is 4.09. The molecule has 1 aliphatic heterocycles. The lowest BCUT2D eigenvalue weighted by Gasteiger charge is -2.12. The van der Waals surface area contributed by atoms with Gasteiger partial charge in [0.25, 0.3) is 0 Å². The van der Waals surface area contributed by atoms with Gasteiger partial charge in [0.2, 0.25) is 0 Å². The summed E-state index contributed by atoms with van der Waals surface area (Å²) in [5.41, 5.74) is 1.55. The minimum atomic E-state index is 0.659. The van der Waals surface area contributed by atoms with Gasteiger partial charge in [-0.2, -0.15) is 0 Å². The first-order valence-electron chi connectivity index (χ1n) is 4.93. The zero-order chi connectivity index (χ0) is 8.81. The molecule has 1 atom stereocenters. The van der Waals surface area contributed by atoms with Crippen molar-refractivity contribution in [2.24, 2.45) is 0 Å². The van der Waals surface area contributed by atoms with Gasteiger partial charge < -0.3 is 5.32 Å². The Balaban J connectivity index is 2.53. The molecule has 1 saturated heterocycles. The van der Waals surface area contributed by atoms with Crippen molar-refractivity contribution in [1.29, 1.82) is 0 Å². The summed E-state index contributed by atoms with van der Waals surface area (Å²) in [7, 11) is 0. The van der Waals surface area contributed by atoms with E-state index in [1.54, 1.807) is 5.57 Å². The van der Waals surface area contributed by atoms with Crippen LogP contribution in [0.2, 0.25) is 0 Å². The van der Waals surface area contributed by atoms with E-state index in [2.05, 4.69) is 37.4 Å². The zero-order valence-electron chi connectivity index (χ0n) is 8.14. The quantitative estimate of drug-likeness (QED) is 0.634. The smallest absolute Gasteiger partial charge is 0.0282 e. The second-order valence-corrected chi connectivity index (χ2v) is 3.27. The molecule has 0 aliphatic carbocycles. The van der Waals surface area contributed by atoms with Gasteiger partial charge in [-0.05, 0) is 32.7 Å². The molecule has 12 heavy (non-hydrogen) atoms. The van der Waals surface area contributed by atoms with Crippen LogP contribution in [0.3, 0.4) is 0 Å². The van der Waals surface area contributed by atoms with Crippen molar-refractivity contribution in [3.05, 3.63) is 23.8 Å². The predicted molar refractivity (Wildman–Crippen MR) is 54.2 cm³/mol. The molecule has 0 saturated carbocycles. The molecular formula is C11H19N. The Labute approximate surface area is 75.6 Å². The number of nitrogens with one attached hydrogen (secondary N) is 1. The fraction of sp³-hybridized carbons (Fsp3) is 0.636. The van der Waals surface area contributed by atoms with E-state index in [0.717, 1.165) is 0 Å². The van der Waals surface area contributed by atoms with Crippen LogP contribution < -0.4 is 5.32 Å². The van der Waals surface area contributed by atoms with Crippen LogP contribution >= 0.6 is 0 Å². The van der Waals surface area contributed by atoms with Gasteiger partial charge in [0.1, 0.15) is 0 Å². The Morgan fingerprint density at radius 2 is 2.42 bits per heavy atom. The van der Waals surface area contributed by atoms with E-state index in [1.165, 1.54) is 25.8 Å². The van der Waals surface area contributed by atoms with Crippen LogP contribution in [0, 0.1) is 0 Å². The van der Waals surface area contributed by atoms with Crippen LogP contribution in [0.5, 0.6) is 0 Å². The van der Waals surface area contributed by atoms with Crippen molar-refractivity contribution in [1.82, 2.24) is 5.32 Å². The molecule has 1 unspecified atom stereocenters. The molecule has 0 aromatic rings. The molecule has 0 radical (unpaired) electrons. The van der Waals surface area contributed by atoms with E-state index in [-0.39, 0.29) is 0 Å². The molecule has 0 spiro atoms. The number of allylic oxidation sites excluding steroid dienone is 3. The van der Waals surface area contributed by atoms with Gasteiger partial charge >= 0.3 is 0 Å². The Hall–Kier alpha value is -0.560. The van der Waals surface area contributed by atoms with E-state index >= 15 is 0 Å². The lowest BCUT2D eigenvalue weighted by Crippen LogP contribution is -2.23. The molecule has 0 aromatic heterocycles. The summed E-state index contributed by atoms with van der Waals surface area (Å²) in [5.74, 6) is 0. The molecule has 1 rings (SSSR count). The Morgan fingerprint density at radius 3 is 2.92 bits per heavy atom. The third-order valence-electron chi connectivity index (χ3n) is 2.42. The predicted octanol–water partition coefficient (Wildman–Crippen LogP) is 2.65. The summed E-state index contributed by atoms with van der Waals surface area (Å²) in [4.78, 5) is 0. The van der Waals surface area contributed by atoms with Gasteiger partial charge in [0.15, 0.2) is 0 Å². The van der Waals surface area contributed by atoms with Gasteiger partial charge in [-0.1, -0.05) is 30.7 Å². The van der Waals surface area contributed by atoms with Gasteiger partial charge in [-0.25, -0.2) is 0 Å². The van der Waals surface area contributed by atoms with Crippen molar-refractivity contribution in [3.63, 3.8) is 0 Å². The van der Waals surface area contributed by atoms with Crippen molar-refractivity contribution in [2.75, 3.05) is 6.54 Å². The molecule has 0 aromatic carbocycles. The third-order valence-corrected chi connectivity index (χ3v) is 2.42. The topological polar surface area (TPSA) is 12.0 Å². The number of hydrogen-bond acceptors (Lipinski definition) is 1. The summed E-state index contributed by atoms with van der Waals surface area (Å²) in [6.07, 6.45) is 10.3. The largest absolute Gasteiger partial charge is 0.310 e. The van der Waals surface area contributed by atoms with Gasteiger partial charge in [0, 0.05) is 6.04 Å². The van der Waals surface area contributed by atoms with Crippen LogP contribution in [0.1, 0.15) is 33.1 Å². The van der Waals surface area contributed by atoms with Crippen molar-refractivity contribution in [2.45, 2.75) is 39.2 Å². The fourth-order valence-electron chi connectivity index (χ4n) is 1.70. The third kappa shape index (κ3) is 2.49. The first-order chi connectivity index (χ1) is 5.88. The lowest BCUT2D eigenvalue weighted by atomic mass is 10.0. The summed E-state index contributed by atoms with van der Waals surface area (Å²) in [5, 5.41) is 3.51. The highest BCUT2D eigenvalue weighted by Gasteiger charge is 2.16. The van der Waals surface area contributed by atoms with Gasteiger partial charge in [0.05, 0.1) is 0 Å². The van der Waals surface area contributed by atoms with Crippen molar-refractivity contribution < 1.29 is 0 Å². The van der Waals surface area contributed by atoms with Gasteiger partial charge in [-0.3, -0.25) is 0 Å². The van der Waals surface area contributed by atoms with E-state index in [9.17, 15) is 0 Å². The standard InChI is InChI=1S/C11H19N/c1-3-5-7-10(4-2)11-8-6-9-12-11/h3,5,7,11-12H,4,6,8-9H2,1-2H3/b5-3-,10-7+. The average Bonchev–Trinajstić information content (AvgIpc) is 2.59. The molecular weight excluding hydrogens is 146 g/mol. The molecule has 1 fully saturated rings. The minimum absolute atomic E-state index is 0.659. The maximum atomic E-state index is 3.51. The summed E-state index contributed by atoms with van der Waals surface area (Å²) < 4.78 is 0. The fourth-order valence-corrected chi connectivity index (χ4v) is 1.70. The number of rotatable bonds is 3. The highest BCUT2D eigenvalue weighted by atomic mass is 14.9. The van der Waals surface area contributed by atoms with Gasteiger partial charge in [-0.15, -0.1) is 0 Å². The molecule has 1 aliphatic rings. The second kappa shape index (κ2) is 5.15. The minimum Gasteiger partial charge on any atom is -0.310 e. The summed E-state index contributed by atoms with van der Waals surface area (Å²) >= 11 is 0. The Morgan fingerprint density at radius 1 is 1.58 bits per heavy atom. The lowest BCUT2D eigenvalue weighted by molar-refractivity contribution is 0.668. The highest BCUT2D eigenvalue weighted by Crippen LogP contribution is 2.16. The highest BCUT2D eigenvalue weighted by molar-refractivity contribution is 5.18. The molecule has 1 heterocycles. The zero-order valence-corrected chi connectivity index (χ0v) is 8.14. The van der Waals surface area contributed by atoms with E-state index in [4.69, 9.17) is 0 Å². The molecule has 1 N–H and O–H groups in total. The second-order valence-electron chi connectivity index (χ2n) is 3.27. The summed E-state index contributed by atoms with van der Waals surface area (Å²) in [6, 6.07) is 0.659. The first-order valence-corrected chi connectivity index (χ1v) is 4.93. The molecule has 0 bridgehead atoms. The van der Waals surface area contributed by atoms with E-state index < -0.39 is 0 Å². The van der Waals surface area contributed by atoms with Crippen molar-refractivity contribution >= 4 is 0 Å². The average molecular weight is 165 g/mol. The monoisotopic (exact) mass is 165 g/mol. The van der Waals surface area contributed by atoms with Crippen LogP contribution in [-0.4, -0.2) is 12.6 Å². The summed E-state index contributed by atoms with van der Waals surface area (Å²) in [6.45, 7) is 5.49. The van der Waals surface area contributed by atoms with E-state index in [0.29, 0.717) is 6.04 Å².